The van der Waals surface area contributed by atoms with Crippen molar-refractivity contribution in [1.82, 2.24) is 4.98 Å². The molecule has 3 N–H and O–H groups in total. The smallest absolute Gasteiger partial charge is 0.128 e. The average molecular weight is 193 g/mol. The van der Waals surface area contributed by atoms with Crippen LogP contribution in [0.15, 0.2) is 18.2 Å². The van der Waals surface area contributed by atoms with Gasteiger partial charge in [-0.3, -0.25) is 0 Å². The Morgan fingerprint density at radius 2 is 2.29 bits per heavy atom. The summed E-state index contributed by atoms with van der Waals surface area (Å²) < 4.78 is 0. The molecule has 0 aliphatic heterocycles. The number of aromatic nitrogens is 1. The molecule has 0 bridgehead atoms. The standard InChI is InChI=1S/C11H19N3/c1-3-4-6-9(2)13-11-8-5-7-10(12)14-11/h5,7-9H,3-4,6H2,1-2H3,(H3,12,13,14). The van der Waals surface area contributed by atoms with Gasteiger partial charge in [0.25, 0.3) is 0 Å². The van der Waals surface area contributed by atoms with Crippen LogP contribution in [0.1, 0.15) is 33.1 Å². The van der Waals surface area contributed by atoms with Crippen LogP contribution >= 0.6 is 0 Å². The van der Waals surface area contributed by atoms with E-state index in [0.717, 1.165) is 5.82 Å². The Balaban J connectivity index is 2.43. The minimum atomic E-state index is 0.462. The van der Waals surface area contributed by atoms with Gasteiger partial charge in [0.1, 0.15) is 11.6 Å². The first-order valence-electron chi connectivity index (χ1n) is 5.21. The van der Waals surface area contributed by atoms with E-state index in [2.05, 4.69) is 24.1 Å². The number of hydrogen-bond acceptors (Lipinski definition) is 3. The van der Waals surface area contributed by atoms with E-state index in [1.807, 2.05) is 12.1 Å². The summed E-state index contributed by atoms with van der Waals surface area (Å²) in [7, 11) is 0. The van der Waals surface area contributed by atoms with Crippen LogP contribution in [0.4, 0.5) is 11.6 Å². The van der Waals surface area contributed by atoms with Crippen molar-refractivity contribution in [2.45, 2.75) is 39.2 Å². The minimum Gasteiger partial charge on any atom is -0.384 e. The van der Waals surface area contributed by atoms with Crippen LogP contribution in [0, 0.1) is 0 Å². The van der Waals surface area contributed by atoms with Gasteiger partial charge in [-0.05, 0) is 25.5 Å². The Labute approximate surface area is 85.7 Å². The summed E-state index contributed by atoms with van der Waals surface area (Å²) in [4.78, 5) is 4.19. The molecule has 0 saturated carbocycles. The van der Waals surface area contributed by atoms with Crippen LogP contribution < -0.4 is 11.1 Å². The molecule has 0 aliphatic carbocycles. The van der Waals surface area contributed by atoms with Gasteiger partial charge in [0.15, 0.2) is 0 Å². The molecular weight excluding hydrogens is 174 g/mol. The number of nitrogen functional groups attached to an aromatic ring is 1. The zero-order valence-electron chi connectivity index (χ0n) is 8.96. The van der Waals surface area contributed by atoms with Crippen LogP contribution in [0.3, 0.4) is 0 Å². The van der Waals surface area contributed by atoms with Crippen molar-refractivity contribution in [2.75, 3.05) is 11.1 Å². The highest BCUT2D eigenvalue weighted by Crippen LogP contribution is 2.10. The lowest BCUT2D eigenvalue weighted by Crippen LogP contribution is -2.15. The third kappa shape index (κ3) is 3.64. The predicted octanol–water partition coefficient (Wildman–Crippen LogP) is 2.65. The number of unbranched alkanes of at least 4 members (excludes halogenated alkanes) is 1. The summed E-state index contributed by atoms with van der Waals surface area (Å²) in [5.41, 5.74) is 5.58. The van der Waals surface area contributed by atoms with Crippen LogP contribution in [0.2, 0.25) is 0 Å². The van der Waals surface area contributed by atoms with Gasteiger partial charge in [0, 0.05) is 6.04 Å². The number of anilines is 2. The van der Waals surface area contributed by atoms with Crippen LogP contribution in [-0.4, -0.2) is 11.0 Å². The molecule has 0 fully saturated rings. The van der Waals surface area contributed by atoms with Crippen molar-refractivity contribution >= 4 is 11.6 Å². The summed E-state index contributed by atoms with van der Waals surface area (Å²) in [5.74, 6) is 1.44. The summed E-state index contributed by atoms with van der Waals surface area (Å²) in [6.07, 6.45) is 3.65. The molecule has 0 radical (unpaired) electrons. The number of pyridine rings is 1. The second kappa shape index (κ2) is 5.47. The maximum Gasteiger partial charge on any atom is 0.128 e. The van der Waals surface area contributed by atoms with E-state index in [-0.39, 0.29) is 0 Å². The first kappa shape index (κ1) is 10.8. The SMILES string of the molecule is CCCCC(C)Nc1cccc(N)n1. The summed E-state index contributed by atoms with van der Waals surface area (Å²) >= 11 is 0. The highest BCUT2D eigenvalue weighted by atomic mass is 15.0. The van der Waals surface area contributed by atoms with Crippen molar-refractivity contribution in [2.24, 2.45) is 0 Å². The molecule has 1 aromatic heterocycles. The van der Waals surface area contributed by atoms with Gasteiger partial charge in [-0.15, -0.1) is 0 Å². The second-order valence-electron chi connectivity index (χ2n) is 3.64. The molecule has 0 amide bonds. The summed E-state index contributed by atoms with van der Waals surface area (Å²) in [6.45, 7) is 4.37. The van der Waals surface area contributed by atoms with Crippen molar-refractivity contribution < 1.29 is 0 Å². The lowest BCUT2D eigenvalue weighted by molar-refractivity contribution is 0.643. The van der Waals surface area contributed by atoms with Crippen molar-refractivity contribution in [3.63, 3.8) is 0 Å². The van der Waals surface area contributed by atoms with Gasteiger partial charge in [-0.1, -0.05) is 25.8 Å². The minimum absolute atomic E-state index is 0.462. The molecule has 0 spiro atoms. The molecular formula is C11H19N3. The third-order valence-electron chi connectivity index (χ3n) is 2.16. The molecule has 1 aromatic rings. The highest BCUT2D eigenvalue weighted by Gasteiger charge is 2.01. The normalized spacial score (nSPS) is 12.4. The fourth-order valence-electron chi connectivity index (χ4n) is 1.37. The van der Waals surface area contributed by atoms with E-state index >= 15 is 0 Å². The van der Waals surface area contributed by atoms with Crippen molar-refractivity contribution in [3.05, 3.63) is 18.2 Å². The Morgan fingerprint density at radius 1 is 1.50 bits per heavy atom. The molecule has 1 rings (SSSR count). The molecule has 14 heavy (non-hydrogen) atoms. The van der Waals surface area contributed by atoms with E-state index in [0.29, 0.717) is 11.9 Å². The van der Waals surface area contributed by atoms with Gasteiger partial charge >= 0.3 is 0 Å². The summed E-state index contributed by atoms with van der Waals surface area (Å²) in [6, 6.07) is 6.11. The Morgan fingerprint density at radius 3 is 2.93 bits per heavy atom. The quantitative estimate of drug-likeness (QED) is 0.755. The van der Waals surface area contributed by atoms with Gasteiger partial charge < -0.3 is 11.1 Å². The molecule has 0 aliphatic rings. The van der Waals surface area contributed by atoms with Crippen LogP contribution in [0.25, 0.3) is 0 Å². The zero-order valence-corrected chi connectivity index (χ0v) is 8.96. The van der Waals surface area contributed by atoms with Gasteiger partial charge in [0.2, 0.25) is 0 Å². The first-order valence-corrected chi connectivity index (χ1v) is 5.21. The third-order valence-corrected chi connectivity index (χ3v) is 2.16. The average Bonchev–Trinajstić information content (AvgIpc) is 2.15. The first-order chi connectivity index (χ1) is 6.72. The predicted molar refractivity (Wildman–Crippen MR) is 61.3 cm³/mol. The lowest BCUT2D eigenvalue weighted by Gasteiger charge is -2.13. The Kier molecular flexibility index (Phi) is 4.23. The van der Waals surface area contributed by atoms with E-state index in [1.54, 1.807) is 6.07 Å². The van der Waals surface area contributed by atoms with Gasteiger partial charge in [-0.25, -0.2) is 4.98 Å². The largest absolute Gasteiger partial charge is 0.384 e. The molecule has 3 heteroatoms. The molecule has 1 atom stereocenters. The molecule has 1 unspecified atom stereocenters. The summed E-state index contributed by atoms with van der Waals surface area (Å²) in [5, 5.41) is 3.33. The Hall–Kier alpha value is -1.25. The monoisotopic (exact) mass is 193 g/mol. The molecule has 78 valence electrons. The van der Waals surface area contributed by atoms with E-state index in [4.69, 9.17) is 5.73 Å². The van der Waals surface area contributed by atoms with E-state index in [1.165, 1.54) is 19.3 Å². The van der Waals surface area contributed by atoms with Crippen LogP contribution in [-0.2, 0) is 0 Å². The van der Waals surface area contributed by atoms with Crippen molar-refractivity contribution in [3.8, 4) is 0 Å². The maximum atomic E-state index is 5.58. The molecule has 0 saturated heterocycles. The van der Waals surface area contributed by atoms with Gasteiger partial charge in [0.05, 0.1) is 0 Å². The zero-order chi connectivity index (χ0) is 10.4. The number of hydrogen-bond donors (Lipinski definition) is 2. The fourth-order valence-corrected chi connectivity index (χ4v) is 1.37. The lowest BCUT2D eigenvalue weighted by atomic mass is 10.1. The number of nitrogens with zero attached hydrogens (tertiary/aromatic N) is 1. The fraction of sp³-hybridized carbons (Fsp3) is 0.545. The molecule has 1 heterocycles. The van der Waals surface area contributed by atoms with Crippen LogP contribution in [0.5, 0.6) is 0 Å². The number of nitrogens with one attached hydrogen (secondary N) is 1. The molecule has 0 aromatic carbocycles. The highest BCUT2D eigenvalue weighted by molar-refractivity contribution is 5.42. The topological polar surface area (TPSA) is 50.9 Å². The van der Waals surface area contributed by atoms with Crippen molar-refractivity contribution in [1.29, 1.82) is 0 Å². The van der Waals surface area contributed by atoms with E-state index < -0.39 is 0 Å². The maximum absolute atomic E-state index is 5.58. The number of nitrogens with two attached hydrogens (primary N) is 1. The number of rotatable bonds is 5. The Bertz CT molecular complexity index is 273. The second-order valence-corrected chi connectivity index (χ2v) is 3.64. The molecule has 3 nitrogen and oxygen atoms in total. The van der Waals surface area contributed by atoms with E-state index in [9.17, 15) is 0 Å². The van der Waals surface area contributed by atoms with Gasteiger partial charge in [-0.2, -0.15) is 0 Å².